The Morgan fingerprint density at radius 2 is 1.71 bits per heavy atom. The van der Waals surface area contributed by atoms with Gasteiger partial charge in [-0.2, -0.15) is 0 Å². The molecule has 0 fully saturated rings. The molecule has 1 heteroatoms. The standard InChI is InChI=1S/C13H25N/c1-8-12(5,6)13(7,9-2)14-10-11(3)4/h10H,3,8-9H2,1-2,4-7H3. The monoisotopic (exact) mass is 195 g/mol. The van der Waals surface area contributed by atoms with E-state index in [9.17, 15) is 0 Å². The van der Waals surface area contributed by atoms with Gasteiger partial charge in [0, 0.05) is 6.21 Å². The number of hydrogen-bond donors (Lipinski definition) is 0. The molecule has 0 radical (unpaired) electrons. The predicted octanol–water partition coefficient (Wildman–Crippen LogP) is 4.24. The van der Waals surface area contributed by atoms with Crippen LogP contribution in [0.3, 0.4) is 0 Å². The van der Waals surface area contributed by atoms with E-state index in [2.05, 4.69) is 41.2 Å². The van der Waals surface area contributed by atoms with Crippen molar-refractivity contribution in [3.63, 3.8) is 0 Å². The zero-order valence-electron chi connectivity index (χ0n) is 10.6. The topological polar surface area (TPSA) is 12.4 Å². The van der Waals surface area contributed by atoms with E-state index in [0.29, 0.717) is 0 Å². The van der Waals surface area contributed by atoms with E-state index in [-0.39, 0.29) is 11.0 Å². The Kier molecular flexibility index (Phi) is 4.57. The van der Waals surface area contributed by atoms with Crippen molar-refractivity contribution in [2.45, 2.75) is 59.9 Å². The van der Waals surface area contributed by atoms with E-state index in [1.54, 1.807) is 0 Å². The van der Waals surface area contributed by atoms with Crippen molar-refractivity contribution in [3.8, 4) is 0 Å². The van der Waals surface area contributed by atoms with Crippen LogP contribution in [0.1, 0.15) is 54.4 Å². The Hall–Kier alpha value is -0.590. The summed E-state index contributed by atoms with van der Waals surface area (Å²) in [6, 6.07) is 0. The lowest BCUT2D eigenvalue weighted by Crippen LogP contribution is -2.39. The van der Waals surface area contributed by atoms with E-state index in [0.717, 1.165) is 18.4 Å². The largest absolute Gasteiger partial charge is 0.286 e. The third kappa shape index (κ3) is 2.97. The molecule has 0 aliphatic carbocycles. The lowest BCUT2D eigenvalue weighted by atomic mass is 9.70. The number of nitrogens with zero attached hydrogens (tertiary/aromatic N) is 1. The van der Waals surface area contributed by atoms with Crippen LogP contribution in [0.25, 0.3) is 0 Å². The van der Waals surface area contributed by atoms with Gasteiger partial charge in [-0.05, 0) is 37.7 Å². The Balaban J connectivity index is 4.89. The fourth-order valence-corrected chi connectivity index (χ4v) is 1.38. The fourth-order valence-electron chi connectivity index (χ4n) is 1.38. The zero-order chi connectivity index (χ0) is 11.4. The number of rotatable bonds is 5. The molecule has 0 bridgehead atoms. The lowest BCUT2D eigenvalue weighted by Gasteiger charge is -2.40. The van der Waals surface area contributed by atoms with Crippen molar-refractivity contribution in [2.75, 3.05) is 0 Å². The smallest absolute Gasteiger partial charge is 0.0628 e. The molecule has 0 heterocycles. The highest BCUT2D eigenvalue weighted by Crippen LogP contribution is 2.39. The molecule has 0 aliphatic rings. The van der Waals surface area contributed by atoms with E-state index in [1.807, 2.05) is 13.1 Å². The second-order valence-electron chi connectivity index (χ2n) is 4.97. The highest BCUT2D eigenvalue weighted by atomic mass is 14.9. The van der Waals surface area contributed by atoms with Crippen LogP contribution in [0.15, 0.2) is 17.1 Å². The van der Waals surface area contributed by atoms with Gasteiger partial charge in [0.15, 0.2) is 0 Å². The fraction of sp³-hybridized carbons (Fsp3) is 0.769. The minimum absolute atomic E-state index is 0.0285. The Morgan fingerprint density at radius 1 is 1.21 bits per heavy atom. The molecule has 0 rings (SSSR count). The number of aliphatic imine (C=N–C) groups is 1. The molecule has 0 spiro atoms. The average molecular weight is 195 g/mol. The van der Waals surface area contributed by atoms with E-state index in [4.69, 9.17) is 4.99 Å². The third-order valence-corrected chi connectivity index (χ3v) is 3.60. The molecular weight excluding hydrogens is 170 g/mol. The highest BCUT2D eigenvalue weighted by Gasteiger charge is 2.37. The molecule has 14 heavy (non-hydrogen) atoms. The second kappa shape index (κ2) is 4.77. The van der Waals surface area contributed by atoms with Gasteiger partial charge in [0.2, 0.25) is 0 Å². The van der Waals surface area contributed by atoms with Crippen LogP contribution in [0, 0.1) is 5.41 Å². The van der Waals surface area contributed by atoms with Gasteiger partial charge in [-0.3, -0.25) is 4.99 Å². The van der Waals surface area contributed by atoms with E-state index >= 15 is 0 Å². The number of hydrogen-bond acceptors (Lipinski definition) is 1. The Morgan fingerprint density at radius 3 is 2.00 bits per heavy atom. The molecule has 1 unspecified atom stereocenters. The molecule has 0 aliphatic heterocycles. The first-order valence-corrected chi connectivity index (χ1v) is 5.50. The maximum atomic E-state index is 4.69. The molecule has 0 saturated carbocycles. The van der Waals surface area contributed by atoms with Crippen LogP contribution < -0.4 is 0 Å². The molecule has 0 aromatic rings. The van der Waals surface area contributed by atoms with Crippen LogP contribution in [0.4, 0.5) is 0 Å². The van der Waals surface area contributed by atoms with Crippen LogP contribution >= 0.6 is 0 Å². The van der Waals surface area contributed by atoms with E-state index in [1.165, 1.54) is 0 Å². The first-order valence-electron chi connectivity index (χ1n) is 5.50. The summed E-state index contributed by atoms with van der Waals surface area (Å²) in [5, 5.41) is 0. The van der Waals surface area contributed by atoms with Gasteiger partial charge in [0.1, 0.15) is 0 Å². The van der Waals surface area contributed by atoms with Crippen molar-refractivity contribution in [3.05, 3.63) is 12.2 Å². The molecule has 0 aromatic carbocycles. The van der Waals surface area contributed by atoms with Gasteiger partial charge < -0.3 is 0 Å². The molecule has 0 aromatic heterocycles. The zero-order valence-corrected chi connectivity index (χ0v) is 10.6. The summed E-state index contributed by atoms with van der Waals surface area (Å²) in [5.74, 6) is 0. The second-order valence-corrected chi connectivity index (χ2v) is 4.97. The maximum absolute atomic E-state index is 4.69. The van der Waals surface area contributed by atoms with E-state index < -0.39 is 0 Å². The first-order chi connectivity index (χ1) is 6.29. The minimum Gasteiger partial charge on any atom is -0.286 e. The molecule has 0 N–H and O–H groups in total. The molecule has 1 nitrogen and oxygen atoms in total. The minimum atomic E-state index is 0.0285. The highest BCUT2D eigenvalue weighted by molar-refractivity contribution is 5.77. The molecule has 1 atom stereocenters. The van der Waals surface area contributed by atoms with Gasteiger partial charge in [-0.25, -0.2) is 0 Å². The van der Waals surface area contributed by atoms with Gasteiger partial charge in [-0.15, -0.1) is 0 Å². The van der Waals surface area contributed by atoms with Gasteiger partial charge in [0.05, 0.1) is 5.54 Å². The molecule has 82 valence electrons. The van der Waals surface area contributed by atoms with Crippen LogP contribution in [-0.4, -0.2) is 11.8 Å². The summed E-state index contributed by atoms with van der Waals surface area (Å²) in [6.07, 6.45) is 4.11. The predicted molar refractivity (Wildman–Crippen MR) is 66.1 cm³/mol. The quantitative estimate of drug-likeness (QED) is 0.582. The summed E-state index contributed by atoms with van der Waals surface area (Å²) in [6.45, 7) is 17.1. The average Bonchev–Trinajstić information content (AvgIpc) is 2.13. The Labute approximate surface area is 89.3 Å². The molecular formula is C13H25N. The third-order valence-electron chi connectivity index (χ3n) is 3.60. The van der Waals surface area contributed by atoms with Crippen molar-refractivity contribution in [1.29, 1.82) is 0 Å². The van der Waals surface area contributed by atoms with Crippen LogP contribution in [0.2, 0.25) is 0 Å². The van der Waals surface area contributed by atoms with Crippen molar-refractivity contribution >= 4 is 6.21 Å². The summed E-state index contributed by atoms with van der Waals surface area (Å²) in [5.41, 5.74) is 1.30. The van der Waals surface area contributed by atoms with Gasteiger partial charge in [-0.1, -0.05) is 34.3 Å². The summed E-state index contributed by atoms with van der Waals surface area (Å²) < 4.78 is 0. The van der Waals surface area contributed by atoms with Crippen LogP contribution in [-0.2, 0) is 0 Å². The lowest BCUT2D eigenvalue weighted by molar-refractivity contribution is 0.173. The van der Waals surface area contributed by atoms with Gasteiger partial charge >= 0.3 is 0 Å². The normalized spacial score (nSPS) is 17.0. The summed E-state index contributed by atoms with van der Waals surface area (Å²) in [7, 11) is 0. The van der Waals surface area contributed by atoms with Crippen molar-refractivity contribution in [2.24, 2.45) is 10.4 Å². The molecule has 0 amide bonds. The van der Waals surface area contributed by atoms with Crippen molar-refractivity contribution < 1.29 is 0 Å². The van der Waals surface area contributed by atoms with Gasteiger partial charge in [0.25, 0.3) is 0 Å². The summed E-state index contributed by atoms with van der Waals surface area (Å²) >= 11 is 0. The maximum Gasteiger partial charge on any atom is 0.0628 e. The van der Waals surface area contributed by atoms with Crippen molar-refractivity contribution in [1.82, 2.24) is 0 Å². The molecule has 0 saturated heterocycles. The number of allylic oxidation sites excluding steroid dienone is 1. The van der Waals surface area contributed by atoms with Crippen LogP contribution in [0.5, 0.6) is 0 Å². The summed E-state index contributed by atoms with van der Waals surface area (Å²) in [4.78, 5) is 4.69. The first kappa shape index (κ1) is 13.4. The SMILES string of the molecule is C=C(C)C=NC(C)(CC)C(C)(C)CC. The Bertz CT molecular complexity index is 225.